The van der Waals surface area contributed by atoms with E-state index in [0.717, 1.165) is 36.3 Å². The Labute approximate surface area is 167 Å². The van der Waals surface area contributed by atoms with Crippen LogP contribution in [0.1, 0.15) is 34.3 Å². The van der Waals surface area contributed by atoms with Crippen molar-refractivity contribution in [3.8, 4) is 0 Å². The number of amides is 1. The molecule has 7 heteroatoms. The van der Waals surface area contributed by atoms with Gasteiger partial charge in [0.05, 0.1) is 15.9 Å². The van der Waals surface area contributed by atoms with E-state index in [4.69, 9.17) is 34.8 Å². The summed E-state index contributed by atoms with van der Waals surface area (Å²) < 4.78 is 0. The van der Waals surface area contributed by atoms with Gasteiger partial charge in [-0.2, -0.15) is 0 Å². The third kappa shape index (κ3) is 5.13. The first-order valence-corrected chi connectivity index (χ1v) is 9.43. The van der Waals surface area contributed by atoms with Crippen LogP contribution in [0.3, 0.4) is 0 Å². The fourth-order valence-electron chi connectivity index (χ4n) is 2.71. The van der Waals surface area contributed by atoms with Gasteiger partial charge in [-0.3, -0.25) is 9.79 Å². The zero-order valence-electron chi connectivity index (χ0n) is 14.0. The standard InChI is InChI=1S/C19H18Cl3N3O/c20-15-7-13(11-24-18-2-1-5-23-18)6-14(9-15)19(26)25-10-12-3-4-16(21)17(22)8-12/h3-4,6-9H,1-2,5,10-11H2,(H,23,24)(H,25,26). The summed E-state index contributed by atoms with van der Waals surface area (Å²) in [4.78, 5) is 16.8. The maximum atomic E-state index is 12.5. The van der Waals surface area contributed by atoms with Crippen molar-refractivity contribution in [2.75, 3.05) is 6.54 Å². The lowest BCUT2D eigenvalue weighted by atomic mass is 10.1. The van der Waals surface area contributed by atoms with Gasteiger partial charge in [-0.1, -0.05) is 40.9 Å². The van der Waals surface area contributed by atoms with Crippen LogP contribution in [0.2, 0.25) is 15.1 Å². The van der Waals surface area contributed by atoms with Gasteiger partial charge in [0.25, 0.3) is 5.91 Å². The average molecular weight is 411 g/mol. The summed E-state index contributed by atoms with van der Waals surface area (Å²) in [5, 5.41) is 7.64. The number of halogens is 3. The Morgan fingerprint density at radius 1 is 1.00 bits per heavy atom. The van der Waals surface area contributed by atoms with Gasteiger partial charge >= 0.3 is 0 Å². The predicted molar refractivity (Wildman–Crippen MR) is 107 cm³/mol. The molecule has 4 nitrogen and oxygen atoms in total. The molecule has 1 amide bonds. The summed E-state index contributed by atoms with van der Waals surface area (Å²) in [6.45, 7) is 1.82. The number of hydrogen-bond acceptors (Lipinski definition) is 3. The third-order valence-corrected chi connectivity index (χ3v) is 4.99. The minimum absolute atomic E-state index is 0.196. The Kier molecular flexibility index (Phi) is 6.41. The van der Waals surface area contributed by atoms with Crippen molar-refractivity contribution in [2.45, 2.75) is 25.9 Å². The molecule has 1 aliphatic heterocycles. The van der Waals surface area contributed by atoms with E-state index in [1.165, 1.54) is 0 Å². The highest BCUT2D eigenvalue weighted by Crippen LogP contribution is 2.22. The fourth-order valence-corrected chi connectivity index (χ4v) is 3.28. The second kappa shape index (κ2) is 8.76. The van der Waals surface area contributed by atoms with E-state index >= 15 is 0 Å². The number of carbonyl (C=O) groups is 1. The largest absolute Gasteiger partial charge is 0.370 e. The molecule has 0 saturated carbocycles. The lowest BCUT2D eigenvalue weighted by Gasteiger charge is -2.10. The minimum atomic E-state index is -0.196. The van der Waals surface area contributed by atoms with Gasteiger partial charge in [-0.15, -0.1) is 0 Å². The van der Waals surface area contributed by atoms with Crippen LogP contribution >= 0.6 is 34.8 Å². The number of hydrogen-bond donors (Lipinski definition) is 2. The molecular weight excluding hydrogens is 393 g/mol. The number of amidine groups is 1. The van der Waals surface area contributed by atoms with Crippen LogP contribution in [0.25, 0.3) is 0 Å². The lowest BCUT2D eigenvalue weighted by Crippen LogP contribution is -2.24. The van der Waals surface area contributed by atoms with Crippen LogP contribution in [-0.2, 0) is 13.1 Å². The zero-order chi connectivity index (χ0) is 18.5. The normalized spacial score (nSPS) is 13.4. The quantitative estimate of drug-likeness (QED) is 0.739. The third-order valence-electron chi connectivity index (χ3n) is 4.03. The van der Waals surface area contributed by atoms with Crippen molar-refractivity contribution in [1.29, 1.82) is 0 Å². The Morgan fingerprint density at radius 3 is 2.58 bits per heavy atom. The lowest BCUT2D eigenvalue weighted by molar-refractivity contribution is 0.0951. The van der Waals surface area contributed by atoms with Crippen molar-refractivity contribution in [2.24, 2.45) is 4.99 Å². The van der Waals surface area contributed by atoms with E-state index in [-0.39, 0.29) is 5.91 Å². The summed E-state index contributed by atoms with van der Waals surface area (Å²) in [5.41, 5.74) is 2.32. The molecule has 136 valence electrons. The number of benzene rings is 2. The minimum Gasteiger partial charge on any atom is -0.370 e. The molecule has 26 heavy (non-hydrogen) atoms. The molecule has 0 unspecified atom stereocenters. The molecule has 1 heterocycles. The Hall–Kier alpha value is -1.75. The van der Waals surface area contributed by atoms with Crippen LogP contribution in [-0.4, -0.2) is 18.3 Å². The summed E-state index contributed by atoms with van der Waals surface area (Å²) in [5.74, 6) is 0.814. The van der Waals surface area contributed by atoms with Crippen molar-refractivity contribution >= 4 is 46.5 Å². The van der Waals surface area contributed by atoms with Crippen LogP contribution < -0.4 is 10.6 Å². The molecular formula is C19H18Cl3N3O. The first kappa shape index (κ1) is 19.0. The SMILES string of the molecule is O=C(NCc1ccc(Cl)c(Cl)c1)c1cc(Cl)cc(CNC2=NCCC2)c1. The van der Waals surface area contributed by atoms with Gasteiger partial charge in [-0.25, -0.2) is 0 Å². The summed E-state index contributed by atoms with van der Waals surface area (Å²) in [6.07, 6.45) is 2.05. The molecule has 0 atom stereocenters. The van der Waals surface area contributed by atoms with Crippen molar-refractivity contribution in [1.82, 2.24) is 10.6 Å². The number of nitrogens with zero attached hydrogens (tertiary/aromatic N) is 1. The van der Waals surface area contributed by atoms with Gasteiger partial charge < -0.3 is 10.6 Å². The molecule has 3 rings (SSSR count). The molecule has 0 saturated heterocycles. The summed E-state index contributed by atoms with van der Waals surface area (Å²) in [6, 6.07) is 10.6. The first-order valence-electron chi connectivity index (χ1n) is 8.30. The van der Waals surface area contributed by atoms with Gasteiger partial charge in [0.1, 0.15) is 0 Å². The van der Waals surface area contributed by atoms with Crippen LogP contribution in [0, 0.1) is 0 Å². The van der Waals surface area contributed by atoms with Gasteiger partial charge in [0, 0.05) is 36.6 Å². The highest BCUT2D eigenvalue weighted by Gasteiger charge is 2.10. The molecule has 0 bridgehead atoms. The highest BCUT2D eigenvalue weighted by atomic mass is 35.5. The molecule has 0 fully saturated rings. The van der Waals surface area contributed by atoms with Gasteiger partial charge in [-0.05, 0) is 47.9 Å². The monoisotopic (exact) mass is 409 g/mol. The Balaban J connectivity index is 1.63. The Morgan fingerprint density at radius 2 is 1.85 bits per heavy atom. The average Bonchev–Trinajstić information content (AvgIpc) is 3.14. The molecule has 0 aromatic heterocycles. The molecule has 2 aromatic rings. The van der Waals surface area contributed by atoms with E-state index in [1.807, 2.05) is 18.2 Å². The molecule has 2 aromatic carbocycles. The van der Waals surface area contributed by atoms with E-state index in [2.05, 4.69) is 15.6 Å². The zero-order valence-corrected chi connectivity index (χ0v) is 16.3. The smallest absolute Gasteiger partial charge is 0.251 e. The van der Waals surface area contributed by atoms with E-state index < -0.39 is 0 Å². The van der Waals surface area contributed by atoms with E-state index in [0.29, 0.717) is 33.7 Å². The maximum Gasteiger partial charge on any atom is 0.251 e. The van der Waals surface area contributed by atoms with E-state index in [1.54, 1.807) is 18.2 Å². The van der Waals surface area contributed by atoms with Crippen molar-refractivity contribution < 1.29 is 4.79 Å². The second-order valence-corrected chi connectivity index (χ2v) is 7.32. The van der Waals surface area contributed by atoms with Crippen LogP contribution in [0.4, 0.5) is 0 Å². The number of rotatable bonds is 5. The topological polar surface area (TPSA) is 53.5 Å². The summed E-state index contributed by atoms with van der Waals surface area (Å²) >= 11 is 18.1. The number of aliphatic imine (C=N–C) groups is 1. The Bertz CT molecular complexity index is 852. The second-order valence-electron chi connectivity index (χ2n) is 6.06. The van der Waals surface area contributed by atoms with Crippen molar-refractivity contribution in [3.63, 3.8) is 0 Å². The molecule has 0 radical (unpaired) electrons. The van der Waals surface area contributed by atoms with E-state index in [9.17, 15) is 4.79 Å². The highest BCUT2D eigenvalue weighted by molar-refractivity contribution is 6.42. The van der Waals surface area contributed by atoms with Gasteiger partial charge in [0.2, 0.25) is 0 Å². The number of nitrogens with one attached hydrogen (secondary N) is 2. The molecule has 0 aliphatic carbocycles. The van der Waals surface area contributed by atoms with Gasteiger partial charge in [0.15, 0.2) is 0 Å². The molecule has 1 aliphatic rings. The van der Waals surface area contributed by atoms with Crippen LogP contribution in [0.15, 0.2) is 41.4 Å². The first-order chi connectivity index (χ1) is 12.5. The molecule has 0 spiro atoms. The summed E-state index contributed by atoms with van der Waals surface area (Å²) in [7, 11) is 0. The molecule has 2 N–H and O–H groups in total. The van der Waals surface area contributed by atoms with Crippen molar-refractivity contribution in [3.05, 3.63) is 68.2 Å². The van der Waals surface area contributed by atoms with Crippen LogP contribution in [0.5, 0.6) is 0 Å². The fraction of sp³-hybridized carbons (Fsp3) is 0.263. The predicted octanol–water partition coefficient (Wildman–Crippen LogP) is 4.86. The number of carbonyl (C=O) groups excluding carboxylic acids is 1. The maximum absolute atomic E-state index is 12.5.